The van der Waals surface area contributed by atoms with Crippen LogP contribution in [0, 0.1) is 20.8 Å². The lowest BCUT2D eigenvalue weighted by Crippen LogP contribution is -2.24. The molecule has 1 aliphatic rings. The van der Waals surface area contributed by atoms with Crippen molar-refractivity contribution in [1.29, 1.82) is 0 Å². The number of aliphatic hydroxyl groups excluding tert-OH is 1. The van der Waals surface area contributed by atoms with Crippen LogP contribution in [-0.2, 0) is 6.42 Å². The van der Waals surface area contributed by atoms with E-state index in [4.69, 9.17) is 4.74 Å². The summed E-state index contributed by atoms with van der Waals surface area (Å²) in [6.07, 6.45) is -0.0000971. The zero-order valence-electron chi connectivity index (χ0n) is 12.2. The molecule has 0 radical (unpaired) electrons. The molecule has 2 aromatic rings. The van der Waals surface area contributed by atoms with E-state index < -0.39 is 6.10 Å². The molecule has 0 aliphatic carbocycles. The van der Waals surface area contributed by atoms with Gasteiger partial charge >= 0.3 is 0 Å². The molecule has 1 aliphatic heterocycles. The van der Waals surface area contributed by atoms with Crippen LogP contribution < -0.4 is 4.74 Å². The topological polar surface area (TPSA) is 29.5 Å². The van der Waals surface area contributed by atoms with E-state index in [0.29, 0.717) is 0 Å². The van der Waals surface area contributed by atoms with Gasteiger partial charge in [-0.3, -0.25) is 0 Å². The lowest BCUT2D eigenvalue weighted by Gasteiger charge is -2.22. The lowest BCUT2D eigenvalue weighted by atomic mass is 9.91. The van der Waals surface area contributed by atoms with Crippen molar-refractivity contribution < 1.29 is 9.84 Å². The molecule has 0 saturated carbocycles. The van der Waals surface area contributed by atoms with Gasteiger partial charge in [-0.05, 0) is 49.1 Å². The van der Waals surface area contributed by atoms with Gasteiger partial charge in [-0.15, -0.1) is 0 Å². The summed E-state index contributed by atoms with van der Waals surface area (Å²) in [7, 11) is 0. The normalized spacial score (nSPS) is 18.5. The minimum Gasteiger partial charge on any atom is -0.487 e. The first-order valence-electron chi connectivity index (χ1n) is 7.06. The third-order valence-electron chi connectivity index (χ3n) is 4.06. The van der Waals surface area contributed by atoms with E-state index in [9.17, 15) is 5.11 Å². The van der Waals surface area contributed by atoms with Crippen LogP contribution in [0.4, 0.5) is 0 Å². The molecule has 1 N–H and O–H groups in total. The Kier molecular flexibility index (Phi) is 3.27. The molecule has 2 nitrogen and oxygen atoms in total. The van der Waals surface area contributed by atoms with E-state index in [1.807, 2.05) is 18.2 Å². The molecule has 104 valence electrons. The number of hydrogen-bond acceptors (Lipinski definition) is 2. The Labute approximate surface area is 120 Å². The first-order chi connectivity index (χ1) is 9.56. The van der Waals surface area contributed by atoms with Gasteiger partial charge < -0.3 is 9.84 Å². The highest BCUT2D eigenvalue weighted by molar-refractivity contribution is 5.42. The van der Waals surface area contributed by atoms with E-state index in [1.54, 1.807) is 0 Å². The van der Waals surface area contributed by atoms with Gasteiger partial charge in [0.15, 0.2) is 0 Å². The van der Waals surface area contributed by atoms with Crippen molar-refractivity contribution in [1.82, 2.24) is 0 Å². The predicted octanol–water partition coefficient (Wildman–Crippen LogP) is 3.65. The molecule has 20 heavy (non-hydrogen) atoms. The third-order valence-corrected chi connectivity index (χ3v) is 4.06. The van der Waals surface area contributed by atoms with Crippen LogP contribution in [0.25, 0.3) is 0 Å². The van der Waals surface area contributed by atoms with Crippen LogP contribution in [0.3, 0.4) is 0 Å². The van der Waals surface area contributed by atoms with Gasteiger partial charge in [-0.1, -0.05) is 35.9 Å². The average molecular weight is 268 g/mol. The number of ether oxygens (including phenoxy) is 1. The molecule has 2 unspecified atom stereocenters. The van der Waals surface area contributed by atoms with E-state index in [-0.39, 0.29) is 6.10 Å². The number of rotatable bonds is 2. The summed E-state index contributed by atoms with van der Waals surface area (Å²) >= 11 is 0. The Bertz CT molecular complexity index is 598. The van der Waals surface area contributed by atoms with Crippen molar-refractivity contribution in [3.8, 4) is 5.75 Å². The molecule has 0 aromatic heterocycles. The number of aryl methyl sites for hydroxylation is 3. The Morgan fingerprint density at radius 2 is 1.75 bits per heavy atom. The van der Waals surface area contributed by atoms with E-state index in [2.05, 4.69) is 39.0 Å². The standard InChI is InChI=1S/C18H20O2/c1-11-8-12(2)17(13(3)9-11)18(19)16-10-14-6-4-5-7-15(14)20-16/h4-9,16,18-19H,10H2,1-3H3. The second kappa shape index (κ2) is 4.95. The number of benzene rings is 2. The lowest BCUT2D eigenvalue weighted by molar-refractivity contribution is 0.0483. The van der Waals surface area contributed by atoms with Gasteiger partial charge in [0.2, 0.25) is 0 Å². The Balaban J connectivity index is 1.90. The second-order valence-corrected chi connectivity index (χ2v) is 5.73. The third kappa shape index (κ3) is 2.20. The largest absolute Gasteiger partial charge is 0.487 e. The smallest absolute Gasteiger partial charge is 0.133 e. The molecule has 0 spiro atoms. The Morgan fingerprint density at radius 3 is 2.40 bits per heavy atom. The highest BCUT2D eigenvalue weighted by Crippen LogP contribution is 2.36. The molecular weight excluding hydrogens is 248 g/mol. The first-order valence-corrected chi connectivity index (χ1v) is 7.06. The Morgan fingerprint density at radius 1 is 1.10 bits per heavy atom. The van der Waals surface area contributed by atoms with Crippen LogP contribution in [0.5, 0.6) is 5.75 Å². The zero-order valence-corrected chi connectivity index (χ0v) is 12.2. The molecule has 2 aromatic carbocycles. The number of hydrogen-bond donors (Lipinski definition) is 1. The highest BCUT2D eigenvalue weighted by atomic mass is 16.5. The van der Waals surface area contributed by atoms with Crippen LogP contribution in [0.2, 0.25) is 0 Å². The molecule has 1 heterocycles. The Hall–Kier alpha value is -1.80. The predicted molar refractivity (Wildman–Crippen MR) is 80.2 cm³/mol. The van der Waals surface area contributed by atoms with E-state index in [0.717, 1.165) is 28.9 Å². The summed E-state index contributed by atoms with van der Waals surface area (Å²) in [6, 6.07) is 12.3. The van der Waals surface area contributed by atoms with Gasteiger partial charge in [0.1, 0.15) is 18.0 Å². The van der Waals surface area contributed by atoms with Crippen LogP contribution in [0.15, 0.2) is 36.4 Å². The summed E-state index contributed by atoms with van der Waals surface area (Å²) in [6.45, 7) is 6.19. The highest BCUT2D eigenvalue weighted by Gasteiger charge is 2.31. The molecule has 3 rings (SSSR count). The summed E-state index contributed by atoms with van der Waals surface area (Å²) in [5.41, 5.74) is 5.68. The number of para-hydroxylation sites is 1. The number of fused-ring (bicyclic) bond motifs is 1. The molecule has 0 amide bonds. The van der Waals surface area contributed by atoms with Crippen molar-refractivity contribution in [3.63, 3.8) is 0 Å². The van der Waals surface area contributed by atoms with Gasteiger partial charge in [-0.2, -0.15) is 0 Å². The maximum atomic E-state index is 10.7. The SMILES string of the molecule is Cc1cc(C)c(C(O)C2Cc3ccccc3O2)c(C)c1. The molecular formula is C18H20O2. The van der Waals surface area contributed by atoms with Gasteiger partial charge in [0.25, 0.3) is 0 Å². The van der Waals surface area contributed by atoms with Crippen molar-refractivity contribution >= 4 is 0 Å². The summed E-state index contributed by atoms with van der Waals surface area (Å²) < 4.78 is 5.91. The fourth-order valence-electron chi connectivity index (χ4n) is 3.23. The van der Waals surface area contributed by atoms with Gasteiger partial charge in [-0.25, -0.2) is 0 Å². The maximum absolute atomic E-state index is 10.7. The minimum atomic E-state index is -0.581. The second-order valence-electron chi connectivity index (χ2n) is 5.73. The molecule has 0 fully saturated rings. The van der Waals surface area contributed by atoms with Crippen molar-refractivity contribution in [2.24, 2.45) is 0 Å². The molecule has 0 saturated heterocycles. The van der Waals surface area contributed by atoms with E-state index in [1.165, 1.54) is 11.1 Å². The summed E-state index contributed by atoms with van der Waals surface area (Å²) in [5.74, 6) is 0.902. The monoisotopic (exact) mass is 268 g/mol. The van der Waals surface area contributed by atoms with Crippen LogP contribution >= 0.6 is 0 Å². The fraction of sp³-hybridized carbons (Fsp3) is 0.333. The molecule has 2 heteroatoms. The minimum absolute atomic E-state index is 0.187. The van der Waals surface area contributed by atoms with Crippen LogP contribution in [0.1, 0.15) is 33.9 Å². The molecule has 0 bridgehead atoms. The van der Waals surface area contributed by atoms with E-state index >= 15 is 0 Å². The van der Waals surface area contributed by atoms with Gasteiger partial charge in [0.05, 0.1) is 0 Å². The summed E-state index contributed by atoms with van der Waals surface area (Å²) in [4.78, 5) is 0. The van der Waals surface area contributed by atoms with Crippen molar-refractivity contribution in [2.75, 3.05) is 0 Å². The molecule has 2 atom stereocenters. The first kappa shape index (κ1) is 13.2. The van der Waals surface area contributed by atoms with Gasteiger partial charge in [0, 0.05) is 6.42 Å². The number of aliphatic hydroxyl groups is 1. The fourth-order valence-corrected chi connectivity index (χ4v) is 3.23. The van der Waals surface area contributed by atoms with Crippen LogP contribution in [-0.4, -0.2) is 11.2 Å². The quantitative estimate of drug-likeness (QED) is 0.901. The average Bonchev–Trinajstić information content (AvgIpc) is 2.81. The van der Waals surface area contributed by atoms with Crippen molar-refractivity contribution in [2.45, 2.75) is 39.4 Å². The maximum Gasteiger partial charge on any atom is 0.133 e. The van der Waals surface area contributed by atoms with Crippen molar-refractivity contribution in [3.05, 3.63) is 64.2 Å². The summed E-state index contributed by atoms with van der Waals surface area (Å²) in [5, 5.41) is 10.7. The zero-order chi connectivity index (χ0) is 14.3.